The SMILES string of the molecule is C[C@@]1(C2CCN(C(=O)Cc3ccccn3)CC2)CCCCN(CCc2ccccc2)C1=O. The fourth-order valence-electron chi connectivity index (χ4n) is 5.40. The minimum atomic E-state index is -0.316. The zero-order chi connectivity index (χ0) is 22.4. The zero-order valence-corrected chi connectivity index (χ0v) is 19.2. The molecule has 4 rings (SSSR count). The number of nitrogens with zero attached hydrogens (tertiary/aromatic N) is 3. The summed E-state index contributed by atoms with van der Waals surface area (Å²) in [5.41, 5.74) is 1.79. The Morgan fingerprint density at radius 2 is 1.78 bits per heavy atom. The second-order valence-electron chi connectivity index (χ2n) is 9.56. The lowest BCUT2D eigenvalue weighted by Gasteiger charge is -2.43. The molecular weight excluding hydrogens is 398 g/mol. The maximum Gasteiger partial charge on any atom is 0.228 e. The van der Waals surface area contributed by atoms with Crippen LogP contribution in [0.5, 0.6) is 0 Å². The van der Waals surface area contributed by atoms with Crippen LogP contribution in [0.4, 0.5) is 0 Å². The first kappa shape index (κ1) is 22.5. The van der Waals surface area contributed by atoms with Crippen molar-refractivity contribution < 1.29 is 9.59 Å². The number of benzene rings is 1. The molecule has 5 heteroatoms. The molecule has 2 aliphatic rings. The molecule has 32 heavy (non-hydrogen) atoms. The summed E-state index contributed by atoms with van der Waals surface area (Å²) in [5, 5.41) is 0. The van der Waals surface area contributed by atoms with Crippen LogP contribution in [0.1, 0.15) is 50.3 Å². The smallest absolute Gasteiger partial charge is 0.228 e. The average molecular weight is 434 g/mol. The fourth-order valence-corrected chi connectivity index (χ4v) is 5.40. The van der Waals surface area contributed by atoms with Gasteiger partial charge in [-0.1, -0.05) is 49.7 Å². The van der Waals surface area contributed by atoms with E-state index in [0.717, 1.165) is 70.4 Å². The summed E-state index contributed by atoms with van der Waals surface area (Å²) in [5.74, 6) is 0.805. The molecular formula is C27H35N3O2. The van der Waals surface area contributed by atoms with Crippen LogP contribution < -0.4 is 0 Å². The minimum absolute atomic E-state index is 0.143. The van der Waals surface area contributed by atoms with E-state index >= 15 is 0 Å². The van der Waals surface area contributed by atoms with Crippen LogP contribution in [0.25, 0.3) is 0 Å². The molecule has 0 bridgehead atoms. The van der Waals surface area contributed by atoms with Crippen molar-refractivity contribution in [1.29, 1.82) is 0 Å². The van der Waals surface area contributed by atoms with Gasteiger partial charge in [-0.2, -0.15) is 0 Å². The van der Waals surface area contributed by atoms with E-state index in [1.165, 1.54) is 5.56 Å². The highest BCUT2D eigenvalue weighted by Crippen LogP contribution is 2.42. The molecule has 0 saturated carbocycles. The summed E-state index contributed by atoms with van der Waals surface area (Å²) in [7, 11) is 0. The third kappa shape index (κ3) is 5.20. The molecule has 0 N–H and O–H groups in total. The number of piperidine rings is 1. The summed E-state index contributed by atoms with van der Waals surface area (Å²) >= 11 is 0. The van der Waals surface area contributed by atoms with Crippen LogP contribution in [0, 0.1) is 11.3 Å². The van der Waals surface area contributed by atoms with Crippen LogP contribution in [-0.2, 0) is 22.4 Å². The van der Waals surface area contributed by atoms with E-state index in [4.69, 9.17) is 0 Å². The topological polar surface area (TPSA) is 53.5 Å². The van der Waals surface area contributed by atoms with Crippen LogP contribution in [-0.4, -0.2) is 52.8 Å². The Balaban J connectivity index is 1.35. The summed E-state index contributed by atoms with van der Waals surface area (Å²) < 4.78 is 0. The van der Waals surface area contributed by atoms with Gasteiger partial charge in [0.15, 0.2) is 0 Å². The Hall–Kier alpha value is -2.69. The van der Waals surface area contributed by atoms with E-state index in [1.54, 1.807) is 6.20 Å². The number of hydrogen-bond acceptors (Lipinski definition) is 3. The van der Waals surface area contributed by atoms with Crippen molar-refractivity contribution in [3.8, 4) is 0 Å². The molecule has 5 nitrogen and oxygen atoms in total. The molecule has 1 aromatic heterocycles. The predicted octanol–water partition coefficient (Wildman–Crippen LogP) is 4.12. The lowest BCUT2D eigenvalue weighted by molar-refractivity contribution is -0.145. The van der Waals surface area contributed by atoms with Gasteiger partial charge in [0.05, 0.1) is 6.42 Å². The Bertz CT molecular complexity index is 894. The highest BCUT2D eigenvalue weighted by atomic mass is 16.2. The quantitative estimate of drug-likeness (QED) is 0.688. The molecule has 2 saturated heterocycles. The van der Waals surface area contributed by atoms with Gasteiger partial charge >= 0.3 is 0 Å². The molecule has 0 aliphatic carbocycles. The van der Waals surface area contributed by atoms with E-state index in [0.29, 0.717) is 18.2 Å². The van der Waals surface area contributed by atoms with Gasteiger partial charge in [0, 0.05) is 43.5 Å². The number of hydrogen-bond donors (Lipinski definition) is 0. The van der Waals surface area contributed by atoms with Crippen molar-refractivity contribution in [2.75, 3.05) is 26.2 Å². The lowest BCUT2D eigenvalue weighted by Crippen LogP contribution is -2.50. The molecule has 1 atom stereocenters. The number of carbonyl (C=O) groups excluding carboxylic acids is 2. The summed E-state index contributed by atoms with van der Waals surface area (Å²) in [4.78, 5) is 34.8. The molecule has 0 spiro atoms. The van der Waals surface area contributed by atoms with E-state index in [9.17, 15) is 9.59 Å². The molecule has 0 unspecified atom stereocenters. The summed E-state index contributed by atoms with van der Waals surface area (Å²) in [6.45, 7) is 5.32. The molecule has 2 aromatic rings. The van der Waals surface area contributed by atoms with Gasteiger partial charge in [0.1, 0.15) is 0 Å². The van der Waals surface area contributed by atoms with E-state index in [1.807, 2.05) is 29.2 Å². The number of pyridine rings is 1. The van der Waals surface area contributed by atoms with Crippen LogP contribution in [0.3, 0.4) is 0 Å². The first-order chi connectivity index (χ1) is 15.6. The van der Waals surface area contributed by atoms with Crippen molar-refractivity contribution in [3.63, 3.8) is 0 Å². The first-order valence-corrected chi connectivity index (χ1v) is 12.1. The Morgan fingerprint density at radius 1 is 1.03 bits per heavy atom. The number of likely N-dealkylation sites (tertiary alicyclic amines) is 2. The largest absolute Gasteiger partial charge is 0.342 e. The van der Waals surface area contributed by atoms with Crippen LogP contribution in [0.15, 0.2) is 54.7 Å². The normalized spacial score (nSPS) is 22.6. The van der Waals surface area contributed by atoms with Gasteiger partial charge in [0.25, 0.3) is 0 Å². The molecule has 2 amide bonds. The van der Waals surface area contributed by atoms with Gasteiger partial charge in [0.2, 0.25) is 11.8 Å². The highest BCUT2D eigenvalue weighted by Gasteiger charge is 2.45. The number of rotatable bonds is 6. The van der Waals surface area contributed by atoms with E-state index < -0.39 is 0 Å². The molecule has 170 valence electrons. The van der Waals surface area contributed by atoms with Crippen molar-refractivity contribution >= 4 is 11.8 Å². The van der Waals surface area contributed by atoms with Crippen molar-refractivity contribution in [3.05, 3.63) is 66.0 Å². The molecule has 2 fully saturated rings. The van der Waals surface area contributed by atoms with E-state index in [2.05, 4.69) is 41.1 Å². The van der Waals surface area contributed by atoms with Crippen molar-refractivity contribution in [2.24, 2.45) is 11.3 Å². The Labute approximate surface area is 191 Å². The second-order valence-corrected chi connectivity index (χ2v) is 9.56. The number of amides is 2. The van der Waals surface area contributed by atoms with Gasteiger partial charge in [-0.15, -0.1) is 0 Å². The molecule has 0 radical (unpaired) electrons. The molecule has 2 aliphatic heterocycles. The Morgan fingerprint density at radius 3 is 2.50 bits per heavy atom. The number of carbonyl (C=O) groups is 2. The predicted molar refractivity (Wildman–Crippen MR) is 126 cm³/mol. The Kier molecular flexibility index (Phi) is 7.23. The summed E-state index contributed by atoms with van der Waals surface area (Å²) in [6, 6.07) is 16.1. The van der Waals surface area contributed by atoms with Crippen molar-refractivity contribution in [1.82, 2.24) is 14.8 Å². The number of aromatic nitrogens is 1. The zero-order valence-electron chi connectivity index (χ0n) is 19.2. The van der Waals surface area contributed by atoms with Crippen LogP contribution >= 0.6 is 0 Å². The average Bonchev–Trinajstić information content (AvgIpc) is 2.98. The minimum Gasteiger partial charge on any atom is -0.342 e. The first-order valence-electron chi connectivity index (χ1n) is 12.1. The van der Waals surface area contributed by atoms with Gasteiger partial charge in [-0.3, -0.25) is 14.6 Å². The van der Waals surface area contributed by atoms with Gasteiger partial charge in [-0.05, 0) is 55.7 Å². The maximum atomic E-state index is 13.7. The summed E-state index contributed by atoms with van der Waals surface area (Å²) in [6.07, 6.45) is 7.95. The highest BCUT2D eigenvalue weighted by molar-refractivity contribution is 5.83. The van der Waals surface area contributed by atoms with Gasteiger partial charge < -0.3 is 9.80 Å². The third-order valence-corrected chi connectivity index (χ3v) is 7.47. The maximum absolute atomic E-state index is 13.7. The molecule has 3 heterocycles. The third-order valence-electron chi connectivity index (χ3n) is 7.47. The fraction of sp³-hybridized carbons (Fsp3) is 0.519. The second kappa shape index (κ2) is 10.3. The monoisotopic (exact) mass is 433 g/mol. The van der Waals surface area contributed by atoms with Gasteiger partial charge in [-0.25, -0.2) is 0 Å². The standard InChI is InChI=1S/C27H35N3O2/c1-27(15-6-8-17-30(26(27)32)18-12-22-9-3-2-4-10-22)23-13-19-29(20-14-23)25(31)21-24-11-5-7-16-28-24/h2-5,7,9-11,16,23H,6,8,12-15,17-21H2,1H3/t27-/m0/s1. The van der Waals surface area contributed by atoms with E-state index in [-0.39, 0.29) is 11.3 Å². The molecule has 1 aromatic carbocycles. The van der Waals surface area contributed by atoms with Crippen molar-refractivity contribution in [2.45, 2.75) is 51.9 Å². The lowest BCUT2D eigenvalue weighted by atomic mass is 9.69. The van der Waals surface area contributed by atoms with Crippen LogP contribution in [0.2, 0.25) is 0 Å².